The quantitative estimate of drug-likeness (QED) is 0.362. The number of carbonyl (C=O) groups is 1. The highest BCUT2D eigenvalue weighted by Crippen LogP contribution is 2.60. The SMILES string of the molecule is CC1(C)[C@H](C=C(Cl)C(F)(F)F)[C@@H]1C(=O)OCc1c(F)cc(F)c(-c2ccccc2)c1F. The molecule has 2 nitrogen and oxygen atoms in total. The zero-order chi connectivity index (χ0) is 23.1. The molecule has 0 amide bonds. The fraction of sp³-hybridized carbons (Fsp3) is 0.318. The second-order valence-electron chi connectivity index (χ2n) is 7.82. The van der Waals surface area contributed by atoms with Crippen molar-refractivity contribution in [1.29, 1.82) is 0 Å². The molecular formula is C22H17ClF6O2. The van der Waals surface area contributed by atoms with Crippen LogP contribution in [-0.2, 0) is 16.1 Å². The normalized spacial score (nSPS) is 20.5. The minimum absolute atomic E-state index is 0.167. The number of hydrogen-bond donors (Lipinski definition) is 0. The molecule has 1 saturated carbocycles. The van der Waals surface area contributed by atoms with Gasteiger partial charge in [0.05, 0.1) is 17.0 Å². The van der Waals surface area contributed by atoms with Crippen LogP contribution in [0.25, 0.3) is 11.1 Å². The van der Waals surface area contributed by atoms with Crippen LogP contribution >= 0.6 is 11.6 Å². The van der Waals surface area contributed by atoms with Gasteiger partial charge < -0.3 is 4.74 Å². The van der Waals surface area contributed by atoms with Crippen LogP contribution in [0, 0.1) is 34.7 Å². The third-order valence-electron chi connectivity index (χ3n) is 5.45. The highest BCUT2D eigenvalue weighted by molar-refractivity contribution is 6.30. The van der Waals surface area contributed by atoms with Crippen molar-refractivity contribution in [1.82, 2.24) is 0 Å². The second kappa shape index (κ2) is 8.22. The molecule has 1 fully saturated rings. The molecule has 0 heterocycles. The molecule has 2 atom stereocenters. The number of ether oxygens (including phenoxy) is 1. The van der Waals surface area contributed by atoms with Crippen LogP contribution in [0.4, 0.5) is 26.3 Å². The number of halogens is 7. The lowest BCUT2D eigenvalue weighted by atomic mass is 10.0. The lowest BCUT2D eigenvalue weighted by molar-refractivity contribution is -0.147. The molecule has 0 saturated heterocycles. The summed E-state index contributed by atoms with van der Waals surface area (Å²) in [5.41, 5.74) is -1.84. The average Bonchev–Trinajstić information content (AvgIpc) is 3.21. The first-order chi connectivity index (χ1) is 14.4. The minimum atomic E-state index is -4.75. The van der Waals surface area contributed by atoms with E-state index >= 15 is 0 Å². The molecular weight excluding hydrogens is 446 g/mol. The molecule has 9 heteroatoms. The Morgan fingerprint density at radius 2 is 1.74 bits per heavy atom. The summed E-state index contributed by atoms with van der Waals surface area (Å²) in [5, 5.41) is -1.36. The number of allylic oxidation sites excluding steroid dienone is 2. The van der Waals surface area contributed by atoms with E-state index in [9.17, 15) is 31.1 Å². The van der Waals surface area contributed by atoms with E-state index < -0.39 is 69.6 Å². The molecule has 0 spiro atoms. The van der Waals surface area contributed by atoms with Gasteiger partial charge in [-0.05, 0) is 16.9 Å². The van der Waals surface area contributed by atoms with Crippen LogP contribution in [0.5, 0.6) is 0 Å². The zero-order valence-electron chi connectivity index (χ0n) is 16.4. The van der Waals surface area contributed by atoms with Crippen LogP contribution in [0.1, 0.15) is 19.4 Å². The Morgan fingerprint density at radius 3 is 2.32 bits per heavy atom. The number of hydrogen-bond acceptors (Lipinski definition) is 2. The van der Waals surface area contributed by atoms with Crippen LogP contribution in [0.3, 0.4) is 0 Å². The van der Waals surface area contributed by atoms with Gasteiger partial charge in [0.15, 0.2) is 0 Å². The fourth-order valence-corrected chi connectivity index (χ4v) is 3.69. The highest BCUT2D eigenvalue weighted by Gasteiger charge is 2.62. The molecule has 2 aromatic rings. The van der Waals surface area contributed by atoms with Crippen molar-refractivity contribution in [3.05, 3.63) is 70.5 Å². The van der Waals surface area contributed by atoms with Crippen LogP contribution in [-0.4, -0.2) is 12.1 Å². The van der Waals surface area contributed by atoms with Crippen molar-refractivity contribution >= 4 is 17.6 Å². The van der Waals surface area contributed by atoms with E-state index in [-0.39, 0.29) is 5.56 Å². The predicted octanol–water partition coefficient (Wildman–Crippen LogP) is 6.77. The summed E-state index contributed by atoms with van der Waals surface area (Å²) in [5.74, 6) is -6.33. The van der Waals surface area contributed by atoms with Crippen molar-refractivity contribution in [2.75, 3.05) is 0 Å². The first-order valence-corrected chi connectivity index (χ1v) is 9.56. The van der Waals surface area contributed by atoms with Gasteiger partial charge in [-0.3, -0.25) is 4.79 Å². The Morgan fingerprint density at radius 1 is 1.13 bits per heavy atom. The van der Waals surface area contributed by atoms with Crippen LogP contribution in [0.2, 0.25) is 0 Å². The maximum Gasteiger partial charge on any atom is 0.426 e. The number of benzene rings is 2. The third kappa shape index (κ3) is 4.59. The average molecular weight is 463 g/mol. The van der Waals surface area contributed by atoms with Gasteiger partial charge in [-0.15, -0.1) is 0 Å². The van der Waals surface area contributed by atoms with Crippen LogP contribution < -0.4 is 0 Å². The molecule has 1 aliphatic rings. The summed E-state index contributed by atoms with van der Waals surface area (Å²) >= 11 is 5.24. The van der Waals surface area contributed by atoms with Crippen molar-refractivity contribution < 1.29 is 35.9 Å². The lowest BCUT2D eigenvalue weighted by Gasteiger charge is -2.12. The largest absolute Gasteiger partial charge is 0.460 e. The topological polar surface area (TPSA) is 26.3 Å². The van der Waals surface area contributed by atoms with E-state index in [2.05, 4.69) is 0 Å². The van der Waals surface area contributed by atoms with Gasteiger partial charge in [-0.25, -0.2) is 13.2 Å². The molecule has 0 aliphatic heterocycles. The van der Waals surface area contributed by atoms with E-state index in [0.29, 0.717) is 6.07 Å². The molecule has 1 aliphatic carbocycles. The minimum Gasteiger partial charge on any atom is -0.460 e. The fourth-order valence-electron chi connectivity index (χ4n) is 3.56. The molecule has 0 radical (unpaired) electrons. The molecule has 2 aromatic carbocycles. The lowest BCUT2D eigenvalue weighted by Crippen LogP contribution is -2.13. The Kier molecular flexibility index (Phi) is 6.15. The Labute approximate surface area is 179 Å². The van der Waals surface area contributed by atoms with E-state index in [1.807, 2.05) is 0 Å². The summed E-state index contributed by atoms with van der Waals surface area (Å²) in [6, 6.07) is 8.09. The molecule has 0 aromatic heterocycles. The molecule has 0 unspecified atom stereocenters. The van der Waals surface area contributed by atoms with Gasteiger partial charge in [0.2, 0.25) is 0 Å². The Balaban J connectivity index is 1.80. The van der Waals surface area contributed by atoms with Crippen molar-refractivity contribution in [3.8, 4) is 11.1 Å². The number of carbonyl (C=O) groups excluding carboxylic acids is 1. The highest BCUT2D eigenvalue weighted by atomic mass is 35.5. The van der Waals surface area contributed by atoms with Gasteiger partial charge in [-0.1, -0.05) is 61.9 Å². The molecule has 0 bridgehead atoms. The maximum absolute atomic E-state index is 14.9. The molecule has 166 valence electrons. The van der Waals surface area contributed by atoms with E-state index in [0.717, 1.165) is 6.08 Å². The second-order valence-corrected chi connectivity index (χ2v) is 8.23. The number of rotatable bonds is 5. The Bertz CT molecular complexity index is 1030. The first-order valence-electron chi connectivity index (χ1n) is 9.18. The molecule has 3 rings (SSSR count). The first kappa shape index (κ1) is 23.2. The summed E-state index contributed by atoms with van der Waals surface area (Å²) in [6.07, 6.45) is -4.01. The van der Waals surface area contributed by atoms with E-state index in [4.69, 9.17) is 16.3 Å². The van der Waals surface area contributed by atoms with Gasteiger partial charge in [0.25, 0.3) is 0 Å². The van der Waals surface area contributed by atoms with Crippen LogP contribution in [0.15, 0.2) is 47.5 Å². The van der Waals surface area contributed by atoms with Crippen molar-refractivity contribution in [3.63, 3.8) is 0 Å². The summed E-state index contributed by atoms with van der Waals surface area (Å²) in [7, 11) is 0. The Hall–Kier alpha value is -2.48. The van der Waals surface area contributed by atoms with Crippen molar-refractivity contribution in [2.45, 2.75) is 26.6 Å². The maximum atomic E-state index is 14.9. The number of esters is 1. The molecule has 31 heavy (non-hydrogen) atoms. The monoisotopic (exact) mass is 462 g/mol. The van der Waals surface area contributed by atoms with E-state index in [1.165, 1.54) is 12.1 Å². The van der Waals surface area contributed by atoms with Gasteiger partial charge >= 0.3 is 12.1 Å². The van der Waals surface area contributed by atoms with Gasteiger partial charge in [0, 0.05) is 6.07 Å². The van der Waals surface area contributed by atoms with Gasteiger partial charge in [-0.2, -0.15) is 13.2 Å². The smallest absolute Gasteiger partial charge is 0.426 e. The summed E-state index contributed by atoms with van der Waals surface area (Å²) in [6.45, 7) is 2.26. The standard InChI is InChI=1S/C22H17ClF6O2/c1-21(2)13(8-16(23)22(27,28)29)18(21)20(30)31-10-12-14(24)9-15(25)17(19(12)26)11-6-4-3-5-7-11/h3-9,13,18H,10H2,1-2H3/t13-,18-/m1/s1. The molecule has 0 N–H and O–H groups in total. The van der Waals surface area contributed by atoms with Gasteiger partial charge in [0.1, 0.15) is 29.1 Å². The zero-order valence-corrected chi connectivity index (χ0v) is 17.1. The summed E-state index contributed by atoms with van der Waals surface area (Å²) in [4.78, 5) is 12.4. The summed E-state index contributed by atoms with van der Waals surface area (Å²) < 4.78 is 86.2. The number of alkyl halides is 3. The van der Waals surface area contributed by atoms with E-state index in [1.54, 1.807) is 32.0 Å². The predicted molar refractivity (Wildman–Crippen MR) is 102 cm³/mol. The van der Waals surface area contributed by atoms with Crippen molar-refractivity contribution in [2.24, 2.45) is 17.3 Å². The third-order valence-corrected chi connectivity index (χ3v) is 5.79.